The SMILES string of the molecule is CCNCc1cc(C)nc(C2(OC)CCCCC2)n1. The van der Waals surface area contributed by atoms with E-state index in [2.05, 4.69) is 23.3 Å². The fourth-order valence-corrected chi connectivity index (χ4v) is 2.82. The molecular formula is C15H25N3O. The first-order valence-corrected chi connectivity index (χ1v) is 7.31. The van der Waals surface area contributed by atoms with Crippen LogP contribution in [0.4, 0.5) is 0 Å². The summed E-state index contributed by atoms with van der Waals surface area (Å²) in [6.07, 6.45) is 5.77. The molecule has 4 nitrogen and oxygen atoms in total. The molecule has 19 heavy (non-hydrogen) atoms. The normalized spacial score (nSPS) is 18.5. The van der Waals surface area contributed by atoms with Crippen LogP contribution in [0.1, 0.15) is 56.2 Å². The Kier molecular flexibility index (Phi) is 4.88. The quantitative estimate of drug-likeness (QED) is 0.887. The molecule has 0 bridgehead atoms. The van der Waals surface area contributed by atoms with E-state index in [-0.39, 0.29) is 5.60 Å². The van der Waals surface area contributed by atoms with Crippen molar-refractivity contribution in [3.63, 3.8) is 0 Å². The molecule has 0 aromatic carbocycles. The molecule has 0 spiro atoms. The van der Waals surface area contributed by atoms with Gasteiger partial charge in [-0.1, -0.05) is 26.2 Å². The lowest BCUT2D eigenvalue weighted by atomic mass is 9.84. The van der Waals surface area contributed by atoms with Crippen molar-refractivity contribution in [2.75, 3.05) is 13.7 Å². The largest absolute Gasteiger partial charge is 0.370 e. The second-order valence-corrected chi connectivity index (χ2v) is 5.36. The number of aryl methyl sites for hydroxylation is 1. The smallest absolute Gasteiger partial charge is 0.160 e. The molecule has 0 atom stereocenters. The van der Waals surface area contributed by atoms with Gasteiger partial charge in [0.1, 0.15) is 5.60 Å². The maximum Gasteiger partial charge on any atom is 0.160 e. The van der Waals surface area contributed by atoms with E-state index < -0.39 is 0 Å². The Balaban J connectivity index is 2.28. The molecule has 106 valence electrons. The van der Waals surface area contributed by atoms with E-state index in [1.54, 1.807) is 7.11 Å². The molecule has 0 unspecified atom stereocenters. The molecule has 1 N–H and O–H groups in total. The van der Waals surface area contributed by atoms with Crippen molar-refractivity contribution in [2.24, 2.45) is 0 Å². The minimum atomic E-state index is -0.259. The van der Waals surface area contributed by atoms with Gasteiger partial charge in [0.15, 0.2) is 5.82 Å². The predicted molar refractivity (Wildman–Crippen MR) is 75.9 cm³/mol. The fraction of sp³-hybridized carbons (Fsp3) is 0.733. The molecule has 0 amide bonds. The Labute approximate surface area is 116 Å². The Bertz CT molecular complexity index is 414. The zero-order valence-electron chi connectivity index (χ0n) is 12.3. The molecule has 1 aromatic heterocycles. The first kappa shape index (κ1) is 14.4. The van der Waals surface area contributed by atoms with Crippen molar-refractivity contribution in [1.29, 1.82) is 0 Å². The van der Waals surface area contributed by atoms with Gasteiger partial charge >= 0.3 is 0 Å². The zero-order valence-corrected chi connectivity index (χ0v) is 12.3. The average molecular weight is 263 g/mol. The zero-order chi connectivity index (χ0) is 13.7. The molecule has 0 radical (unpaired) electrons. The number of rotatable bonds is 5. The average Bonchev–Trinajstić information content (AvgIpc) is 2.45. The summed E-state index contributed by atoms with van der Waals surface area (Å²) in [7, 11) is 1.79. The number of hydrogen-bond donors (Lipinski definition) is 1. The van der Waals surface area contributed by atoms with Crippen LogP contribution in [0.15, 0.2) is 6.07 Å². The van der Waals surface area contributed by atoms with E-state index in [1.165, 1.54) is 19.3 Å². The highest BCUT2D eigenvalue weighted by molar-refractivity contribution is 5.15. The fourth-order valence-electron chi connectivity index (χ4n) is 2.82. The van der Waals surface area contributed by atoms with Crippen LogP contribution in [0.2, 0.25) is 0 Å². The molecular weight excluding hydrogens is 238 g/mol. The second-order valence-electron chi connectivity index (χ2n) is 5.36. The van der Waals surface area contributed by atoms with Gasteiger partial charge < -0.3 is 10.1 Å². The summed E-state index contributed by atoms with van der Waals surface area (Å²) >= 11 is 0. The first-order valence-electron chi connectivity index (χ1n) is 7.31. The van der Waals surface area contributed by atoms with E-state index in [4.69, 9.17) is 9.72 Å². The minimum Gasteiger partial charge on any atom is -0.370 e. The predicted octanol–water partition coefficient (Wildman–Crippen LogP) is 2.70. The van der Waals surface area contributed by atoms with Gasteiger partial charge in [-0.3, -0.25) is 0 Å². The summed E-state index contributed by atoms with van der Waals surface area (Å²) in [6, 6.07) is 2.05. The summed E-state index contributed by atoms with van der Waals surface area (Å²) in [5.41, 5.74) is 1.83. The van der Waals surface area contributed by atoms with Crippen LogP contribution in [0.5, 0.6) is 0 Å². The van der Waals surface area contributed by atoms with E-state index >= 15 is 0 Å². The van der Waals surface area contributed by atoms with Gasteiger partial charge in [0.25, 0.3) is 0 Å². The lowest BCUT2D eigenvalue weighted by Crippen LogP contribution is -2.34. The van der Waals surface area contributed by atoms with Crippen LogP contribution in [-0.2, 0) is 16.9 Å². The van der Waals surface area contributed by atoms with Gasteiger partial charge in [0, 0.05) is 19.3 Å². The molecule has 1 fully saturated rings. The molecule has 0 saturated heterocycles. The Morgan fingerprint density at radius 2 is 2.00 bits per heavy atom. The number of nitrogens with one attached hydrogen (secondary N) is 1. The topological polar surface area (TPSA) is 47.0 Å². The van der Waals surface area contributed by atoms with Crippen LogP contribution >= 0.6 is 0 Å². The minimum absolute atomic E-state index is 0.259. The maximum absolute atomic E-state index is 5.83. The Morgan fingerprint density at radius 1 is 1.26 bits per heavy atom. The summed E-state index contributed by atoms with van der Waals surface area (Å²) in [6.45, 7) is 5.89. The third-order valence-electron chi connectivity index (χ3n) is 3.92. The third-order valence-corrected chi connectivity index (χ3v) is 3.92. The highest BCUT2D eigenvalue weighted by Crippen LogP contribution is 2.38. The first-order chi connectivity index (χ1) is 9.20. The lowest BCUT2D eigenvalue weighted by molar-refractivity contribution is -0.0517. The number of nitrogens with zero attached hydrogens (tertiary/aromatic N) is 2. The van der Waals surface area contributed by atoms with Crippen molar-refractivity contribution in [3.05, 3.63) is 23.3 Å². The standard InChI is InChI=1S/C15H25N3O/c1-4-16-11-13-10-12(2)17-14(18-13)15(19-3)8-6-5-7-9-15/h10,16H,4-9,11H2,1-3H3. The van der Waals surface area contributed by atoms with Gasteiger partial charge in [0.05, 0.1) is 5.69 Å². The lowest BCUT2D eigenvalue weighted by Gasteiger charge is -2.34. The Hall–Kier alpha value is -1.00. The maximum atomic E-state index is 5.83. The number of methoxy groups -OCH3 is 1. The number of hydrogen-bond acceptors (Lipinski definition) is 4. The summed E-state index contributed by atoms with van der Waals surface area (Å²) in [4.78, 5) is 9.38. The molecule has 1 heterocycles. The molecule has 1 aromatic rings. The molecule has 4 heteroatoms. The summed E-state index contributed by atoms with van der Waals surface area (Å²) in [5, 5.41) is 3.32. The van der Waals surface area contributed by atoms with Gasteiger partial charge in [-0.25, -0.2) is 9.97 Å². The highest BCUT2D eigenvalue weighted by Gasteiger charge is 2.36. The van der Waals surface area contributed by atoms with Crippen LogP contribution < -0.4 is 5.32 Å². The van der Waals surface area contributed by atoms with E-state index in [0.29, 0.717) is 0 Å². The second kappa shape index (κ2) is 6.44. The summed E-state index contributed by atoms with van der Waals surface area (Å²) < 4.78 is 5.83. The molecule has 1 saturated carbocycles. The Morgan fingerprint density at radius 3 is 2.63 bits per heavy atom. The van der Waals surface area contributed by atoms with Crippen molar-refractivity contribution < 1.29 is 4.74 Å². The van der Waals surface area contributed by atoms with Crippen LogP contribution in [-0.4, -0.2) is 23.6 Å². The number of aromatic nitrogens is 2. The molecule has 1 aliphatic carbocycles. The monoisotopic (exact) mass is 263 g/mol. The third kappa shape index (κ3) is 3.31. The van der Waals surface area contributed by atoms with Gasteiger partial charge in [-0.2, -0.15) is 0 Å². The van der Waals surface area contributed by atoms with Gasteiger partial charge in [-0.05, 0) is 32.4 Å². The van der Waals surface area contributed by atoms with Crippen molar-refractivity contribution in [1.82, 2.24) is 15.3 Å². The van der Waals surface area contributed by atoms with Crippen LogP contribution in [0.25, 0.3) is 0 Å². The molecule has 1 aliphatic rings. The van der Waals surface area contributed by atoms with Gasteiger partial charge in [-0.15, -0.1) is 0 Å². The number of ether oxygens (including phenoxy) is 1. The van der Waals surface area contributed by atoms with E-state index in [0.717, 1.165) is 43.1 Å². The van der Waals surface area contributed by atoms with Crippen LogP contribution in [0.3, 0.4) is 0 Å². The molecule has 2 rings (SSSR count). The van der Waals surface area contributed by atoms with Crippen molar-refractivity contribution in [3.8, 4) is 0 Å². The van der Waals surface area contributed by atoms with Crippen LogP contribution in [0, 0.1) is 6.92 Å². The highest BCUT2D eigenvalue weighted by atomic mass is 16.5. The molecule has 0 aliphatic heterocycles. The van der Waals surface area contributed by atoms with Crippen molar-refractivity contribution >= 4 is 0 Å². The van der Waals surface area contributed by atoms with E-state index in [9.17, 15) is 0 Å². The van der Waals surface area contributed by atoms with E-state index in [1.807, 2.05) is 6.92 Å². The summed E-state index contributed by atoms with van der Waals surface area (Å²) in [5.74, 6) is 0.877. The van der Waals surface area contributed by atoms with Crippen molar-refractivity contribution in [2.45, 2.75) is 58.1 Å². The van der Waals surface area contributed by atoms with Gasteiger partial charge in [0.2, 0.25) is 0 Å².